The number of hydrazone groups is 1. The number of pyridine rings is 1. The van der Waals surface area contributed by atoms with Crippen molar-refractivity contribution >= 4 is 11.9 Å². The lowest BCUT2D eigenvalue weighted by Gasteiger charge is -2.06. The maximum Gasteiger partial charge on any atom is 0.254 e. The fourth-order valence-electron chi connectivity index (χ4n) is 1.48. The SMILES string of the molecule is Fc1nc(F)c(F)c(N/N=C/c2c(F)c(F)c(F)c(F)c2F)c1F. The number of nitrogens with one attached hydrogen (secondary N) is 1. The topological polar surface area (TPSA) is 37.3 Å². The van der Waals surface area contributed by atoms with Crippen LogP contribution in [0.25, 0.3) is 0 Å². The summed E-state index contributed by atoms with van der Waals surface area (Å²) in [6.07, 6.45) is -0.0224. The molecule has 0 spiro atoms. The van der Waals surface area contributed by atoms with Gasteiger partial charge >= 0.3 is 0 Å². The summed E-state index contributed by atoms with van der Waals surface area (Å²) in [5, 5.41) is 2.80. The fourth-order valence-corrected chi connectivity index (χ4v) is 1.48. The third-order valence-corrected chi connectivity index (χ3v) is 2.61. The van der Waals surface area contributed by atoms with Gasteiger partial charge in [-0.2, -0.15) is 27.6 Å². The normalized spacial score (nSPS) is 11.4. The zero-order valence-electron chi connectivity index (χ0n) is 10.9. The summed E-state index contributed by atoms with van der Waals surface area (Å²) in [4.78, 5) is 2.22. The van der Waals surface area contributed by atoms with Crippen LogP contribution in [-0.4, -0.2) is 11.2 Å². The highest BCUT2D eigenvalue weighted by Gasteiger charge is 2.25. The number of hydrogen-bond acceptors (Lipinski definition) is 3. The molecular weight excluding hydrogens is 357 g/mol. The van der Waals surface area contributed by atoms with Crippen molar-refractivity contribution in [2.75, 3.05) is 5.43 Å². The quantitative estimate of drug-likeness (QED) is 0.226. The largest absolute Gasteiger partial charge is 0.272 e. The summed E-state index contributed by atoms with van der Waals surface area (Å²) in [6.45, 7) is 0. The third kappa shape index (κ3) is 2.86. The van der Waals surface area contributed by atoms with Crippen LogP contribution in [-0.2, 0) is 0 Å². The Bertz CT molecular complexity index is 795. The number of anilines is 1. The first-order chi connectivity index (χ1) is 11.2. The van der Waals surface area contributed by atoms with Gasteiger partial charge in [0.15, 0.2) is 23.3 Å². The number of aromatic nitrogens is 1. The Labute approximate surface area is 126 Å². The van der Waals surface area contributed by atoms with E-state index >= 15 is 0 Å². The van der Waals surface area contributed by atoms with Crippen molar-refractivity contribution in [2.24, 2.45) is 5.10 Å². The highest BCUT2D eigenvalue weighted by molar-refractivity contribution is 5.81. The molecule has 0 bridgehead atoms. The van der Waals surface area contributed by atoms with Crippen LogP contribution in [0.4, 0.5) is 45.2 Å². The molecule has 3 nitrogen and oxygen atoms in total. The van der Waals surface area contributed by atoms with Crippen LogP contribution in [0, 0.1) is 52.6 Å². The molecule has 1 aromatic heterocycles. The maximum absolute atomic E-state index is 13.3. The standard InChI is InChI=1S/C12H2F9N3/c13-3-2(4(14)6(16)7(17)5(3)15)1-22-24-10-8(18)11(20)23-12(21)9(10)19/h1H,(H,23,24)/b22-1+. The predicted molar refractivity (Wildman–Crippen MR) is 61.5 cm³/mol. The first-order valence-corrected chi connectivity index (χ1v) is 5.67. The first-order valence-electron chi connectivity index (χ1n) is 5.67. The number of halogens is 9. The Morgan fingerprint density at radius 3 is 1.50 bits per heavy atom. The molecule has 1 N–H and O–H groups in total. The van der Waals surface area contributed by atoms with Crippen LogP contribution < -0.4 is 5.43 Å². The molecule has 0 radical (unpaired) electrons. The second-order valence-electron chi connectivity index (χ2n) is 4.05. The summed E-state index contributed by atoms with van der Waals surface area (Å²) in [5.74, 6) is -19.7. The van der Waals surface area contributed by atoms with E-state index in [2.05, 4.69) is 10.1 Å². The Morgan fingerprint density at radius 1 is 0.625 bits per heavy atom. The van der Waals surface area contributed by atoms with Crippen LogP contribution in [0.1, 0.15) is 5.56 Å². The summed E-state index contributed by atoms with van der Waals surface area (Å²) in [6, 6.07) is 0. The van der Waals surface area contributed by atoms with Crippen LogP contribution in [0.5, 0.6) is 0 Å². The molecule has 0 aliphatic rings. The molecule has 1 heterocycles. The average Bonchev–Trinajstić information content (AvgIpc) is 2.55. The van der Waals surface area contributed by atoms with Gasteiger partial charge in [-0.15, -0.1) is 0 Å². The van der Waals surface area contributed by atoms with Crippen molar-refractivity contribution < 1.29 is 39.5 Å². The molecule has 0 saturated heterocycles. The minimum absolute atomic E-state index is 0.0224. The third-order valence-electron chi connectivity index (χ3n) is 2.61. The lowest BCUT2D eigenvalue weighted by Crippen LogP contribution is -2.08. The van der Waals surface area contributed by atoms with E-state index in [0.717, 1.165) is 0 Å². The Hall–Kier alpha value is -2.79. The second kappa shape index (κ2) is 6.37. The molecule has 0 atom stereocenters. The first kappa shape index (κ1) is 17.6. The van der Waals surface area contributed by atoms with Gasteiger partial charge < -0.3 is 0 Å². The van der Waals surface area contributed by atoms with Gasteiger partial charge in [-0.05, 0) is 0 Å². The van der Waals surface area contributed by atoms with Crippen molar-refractivity contribution in [1.29, 1.82) is 0 Å². The van der Waals surface area contributed by atoms with Crippen LogP contribution in [0.2, 0.25) is 0 Å². The molecule has 0 aliphatic carbocycles. The number of nitrogens with zero attached hydrogens (tertiary/aromatic N) is 2. The van der Waals surface area contributed by atoms with Gasteiger partial charge in [0, 0.05) is 0 Å². The van der Waals surface area contributed by atoms with Gasteiger partial charge in [0.1, 0.15) is 5.69 Å². The van der Waals surface area contributed by atoms with E-state index in [9.17, 15) is 39.5 Å². The molecular formula is C12H2F9N3. The Balaban J connectivity index is 2.42. The Kier molecular flexibility index (Phi) is 4.66. The molecule has 12 heteroatoms. The summed E-state index contributed by atoms with van der Waals surface area (Å²) < 4.78 is 117. The van der Waals surface area contributed by atoms with Crippen molar-refractivity contribution in [3.63, 3.8) is 0 Å². The summed E-state index contributed by atoms with van der Waals surface area (Å²) in [7, 11) is 0. The fraction of sp³-hybridized carbons (Fsp3) is 0. The number of benzene rings is 1. The van der Waals surface area contributed by atoms with Gasteiger partial charge in [0.2, 0.25) is 17.5 Å². The van der Waals surface area contributed by atoms with E-state index < -0.39 is 63.9 Å². The summed E-state index contributed by atoms with van der Waals surface area (Å²) in [5.41, 5.74) is -1.73. The molecule has 128 valence electrons. The van der Waals surface area contributed by atoms with Crippen LogP contribution >= 0.6 is 0 Å². The van der Waals surface area contributed by atoms with Gasteiger partial charge in [0.25, 0.3) is 11.9 Å². The maximum atomic E-state index is 13.3. The summed E-state index contributed by atoms with van der Waals surface area (Å²) >= 11 is 0. The van der Waals surface area contributed by atoms with E-state index in [1.165, 1.54) is 5.43 Å². The molecule has 2 rings (SSSR count). The highest BCUT2D eigenvalue weighted by atomic mass is 19.2. The number of rotatable bonds is 3. The van der Waals surface area contributed by atoms with Crippen LogP contribution in [0.15, 0.2) is 5.10 Å². The Morgan fingerprint density at radius 2 is 1.04 bits per heavy atom. The molecule has 0 fully saturated rings. The van der Waals surface area contributed by atoms with E-state index in [0.29, 0.717) is 0 Å². The molecule has 0 saturated carbocycles. The molecule has 0 aliphatic heterocycles. The van der Waals surface area contributed by atoms with Crippen molar-refractivity contribution in [1.82, 2.24) is 4.98 Å². The zero-order valence-corrected chi connectivity index (χ0v) is 10.9. The molecule has 0 amide bonds. The average molecular weight is 359 g/mol. The predicted octanol–water partition coefficient (Wildman–Crippen LogP) is 3.78. The van der Waals surface area contributed by atoms with E-state index in [4.69, 9.17) is 0 Å². The monoisotopic (exact) mass is 359 g/mol. The minimum atomic E-state index is -2.43. The molecule has 24 heavy (non-hydrogen) atoms. The lowest BCUT2D eigenvalue weighted by molar-refractivity contribution is 0.377. The molecule has 0 unspecified atom stereocenters. The van der Waals surface area contributed by atoms with Crippen molar-refractivity contribution in [3.8, 4) is 0 Å². The highest BCUT2D eigenvalue weighted by Crippen LogP contribution is 2.23. The van der Waals surface area contributed by atoms with Gasteiger partial charge in [-0.3, -0.25) is 5.43 Å². The van der Waals surface area contributed by atoms with Crippen LogP contribution in [0.3, 0.4) is 0 Å². The van der Waals surface area contributed by atoms with E-state index in [1.807, 2.05) is 0 Å². The van der Waals surface area contributed by atoms with E-state index in [-0.39, 0.29) is 6.21 Å². The molecule has 2 aromatic rings. The lowest BCUT2D eigenvalue weighted by atomic mass is 10.2. The van der Waals surface area contributed by atoms with E-state index in [1.54, 1.807) is 0 Å². The van der Waals surface area contributed by atoms with Gasteiger partial charge in [-0.25, -0.2) is 22.0 Å². The molecule has 1 aromatic carbocycles. The van der Waals surface area contributed by atoms with Gasteiger partial charge in [-0.1, -0.05) is 0 Å². The van der Waals surface area contributed by atoms with Crippen molar-refractivity contribution in [3.05, 3.63) is 58.2 Å². The zero-order chi connectivity index (χ0) is 18.2. The van der Waals surface area contributed by atoms with Gasteiger partial charge in [0.05, 0.1) is 11.8 Å². The number of hydrogen-bond donors (Lipinski definition) is 1. The smallest absolute Gasteiger partial charge is 0.254 e. The second-order valence-corrected chi connectivity index (χ2v) is 4.05. The van der Waals surface area contributed by atoms with Crippen molar-refractivity contribution in [2.45, 2.75) is 0 Å². The minimum Gasteiger partial charge on any atom is -0.272 e.